The fourth-order valence-electron chi connectivity index (χ4n) is 0.775. The molecule has 0 aliphatic heterocycles. The van der Waals surface area contributed by atoms with Gasteiger partial charge in [0, 0.05) is 18.8 Å². The summed E-state index contributed by atoms with van der Waals surface area (Å²) in [5, 5.41) is 11.1. The number of aliphatic hydroxyl groups is 1. The van der Waals surface area contributed by atoms with E-state index in [0.717, 1.165) is 0 Å². The highest BCUT2D eigenvalue weighted by molar-refractivity contribution is 5.69. The average molecular weight is 182 g/mol. The zero-order valence-electron chi connectivity index (χ0n) is 7.15. The van der Waals surface area contributed by atoms with E-state index in [2.05, 4.69) is 10.3 Å². The second-order valence-corrected chi connectivity index (χ2v) is 2.27. The van der Waals surface area contributed by atoms with Crippen molar-refractivity contribution in [3.8, 4) is 5.88 Å². The molecular weight excluding hydrogens is 172 g/mol. The summed E-state index contributed by atoms with van der Waals surface area (Å²) in [5.74, 6) is 0.129. The van der Waals surface area contributed by atoms with E-state index < -0.39 is 6.09 Å². The van der Waals surface area contributed by atoms with Gasteiger partial charge in [0.1, 0.15) is 0 Å². The Kier molecular flexibility index (Phi) is 3.22. The number of aliphatic hydroxyl groups excluding tert-OH is 1. The molecule has 1 amide bonds. The molecule has 0 radical (unpaired) electrons. The lowest BCUT2D eigenvalue weighted by atomic mass is 10.3. The topological polar surface area (TPSA) is 71.5 Å². The van der Waals surface area contributed by atoms with Crippen molar-refractivity contribution in [1.29, 1.82) is 0 Å². The summed E-state index contributed by atoms with van der Waals surface area (Å²) in [4.78, 5) is 14.6. The summed E-state index contributed by atoms with van der Waals surface area (Å²) in [6.07, 6.45) is 0.880. The molecule has 0 saturated heterocycles. The van der Waals surface area contributed by atoms with Gasteiger partial charge in [-0.2, -0.15) is 0 Å². The number of pyridine rings is 1. The third-order valence-corrected chi connectivity index (χ3v) is 1.41. The molecule has 0 saturated carbocycles. The normalized spacial score (nSPS) is 9.38. The van der Waals surface area contributed by atoms with Crippen LogP contribution in [0.1, 0.15) is 5.56 Å². The molecule has 1 aromatic rings. The lowest BCUT2D eigenvalue weighted by molar-refractivity contribution is 0.198. The fraction of sp³-hybridized carbons (Fsp3) is 0.250. The van der Waals surface area contributed by atoms with Gasteiger partial charge in [-0.15, -0.1) is 0 Å². The first-order valence-electron chi connectivity index (χ1n) is 3.72. The SMILES string of the molecule is CNC(=O)Oc1ncccc1CO. The van der Waals surface area contributed by atoms with E-state index in [4.69, 9.17) is 9.84 Å². The van der Waals surface area contributed by atoms with Crippen LogP contribution in [0.3, 0.4) is 0 Å². The standard InChI is InChI=1S/C8H10N2O3/c1-9-8(12)13-7-6(5-11)3-2-4-10-7/h2-4,11H,5H2,1H3,(H,9,12). The van der Waals surface area contributed by atoms with E-state index in [1.54, 1.807) is 12.1 Å². The van der Waals surface area contributed by atoms with Crippen molar-refractivity contribution in [3.05, 3.63) is 23.9 Å². The van der Waals surface area contributed by atoms with Crippen LogP contribution in [0.4, 0.5) is 4.79 Å². The largest absolute Gasteiger partial charge is 0.413 e. The molecule has 5 heteroatoms. The van der Waals surface area contributed by atoms with E-state index >= 15 is 0 Å². The molecule has 5 nitrogen and oxygen atoms in total. The van der Waals surface area contributed by atoms with Crippen LogP contribution < -0.4 is 10.1 Å². The molecule has 0 fully saturated rings. The smallest absolute Gasteiger partial charge is 0.391 e. The van der Waals surface area contributed by atoms with E-state index in [1.807, 2.05) is 0 Å². The van der Waals surface area contributed by atoms with Crippen LogP contribution in [0.2, 0.25) is 0 Å². The Morgan fingerprint density at radius 1 is 1.77 bits per heavy atom. The molecule has 13 heavy (non-hydrogen) atoms. The van der Waals surface area contributed by atoms with Crippen molar-refractivity contribution in [1.82, 2.24) is 10.3 Å². The Labute approximate surface area is 75.4 Å². The van der Waals surface area contributed by atoms with Crippen LogP contribution >= 0.6 is 0 Å². The third kappa shape index (κ3) is 2.41. The number of nitrogens with zero attached hydrogens (tertiary/aromatic N) is 1. The number of amides is 1. The first kappa shape index (κ1) is 9.47. The van der Waals surface area contributed by atoms with Crippen molar-refractivity contribution in [2.45, 2.75) is 6.61 Å². The Hall–Kier alpha value is -1.62. The van der Waals surface area contributed by atoms with Crippen LogP contribution in [0.15, 0.2) is 18.3 Å². The van der Waals surface area contributed by atoms with Crippen LogP contribution in [-0.2, 0) is 6.61 Å². The molecule has 70 valence electrons. The summed E-state index contributed by atoms with van der Waals surface area (Å²) in [7, 11) is 1.45. The highest BCUT2D eigenvalue weighted by Gasteiger charge is 2.06. The number of carbonyl (C=O) groups excluding carboxylic acids is 1. The first-order valence-corrected chi connectivity index (χ1v) is 3.72. The zero-order chi connectivity index (χ0) is 9.68. The molecule has 0 aliphatic carbocycles. The van der Waals surface area contributed by atoms with Crippen LogP contribution in [-0.4, -0.2) is 23.2 Å². The molecule has 1 rings (SSSR count). The first-order chi connectivity index (χ1) is 6.27. The van der Waals surface area contributed by atoms with Gasteiger partial charge in [-0.1, -0.05) is 0 Å². The molecule has 0 aliphatic rings. The summed E-state index contributed by atoms with van der Waals surface area (Å²) < 4.78 is 4.76. The molecule has 2 N–H and O–H groups in total. The molecule has 0 unspecified atom stereocenters. The van der Waals surface area contributed by atoms with E-state index in [-0.39, 0.29) is 12.5 Å². The maximum atomic E-state index is 10.8. The summed E-state index contributed by atoms with van der Waals surface area (Å²) in [6.45, 7) is -0.208. The predicted octanol–water partition coefficient (Wildman–Crippen LogP) is 0.292. The Balaban J connectivity index is 2.81. The minimum Gasteiger partial charge on any atom is -0.391 e. The van der Waals surface area contributed by atoms with Gasteiger partial charge in [-0.05, 0) is 12.1 Å². The van der Waals surface area contributed by atoms with Gasteiger partial charge in [-0.25, -0.2) is 9.78 Å². The molecule has 1 heterocycles. The lowest BCUT2D eigenvalue weighted by Crippen LogP contribution is -2.23. The maximum Gasteiger partial charge on any atom is 0.413 e. The second kappa shape index (κ2) is 4.42. The van der Waals surface area contributed by atoms with Crippen LogP contribution in [0.5, 0.6) is 5.88 Å². The number of ether oxygens (including phenoxy) is 1. The van der Waals surface area contributed by atoms with E-state index in [9.17, 15) is 4.79 Å². The van der Waals surface area contributed by atoms with Gasteiger partial charge < -0.3 is 15.2 Å². The van der Waals surface area contributed by atoms with Crippen molar-refractivity contribution < 1.29 is 14.6 Å². The number of rotatable bonds is 2. The second-order valence-electron chi connectivity index (χ2n) is 2.27. The maximum absolute atomic E-state index is 10.8. The highest BCUT2D eigenvalue weighted by atomic mass is 16.6. The minimum absolute atomic E-state index is 0.129. The zero-order valence-corrected chi connectivity index (χ0v) is 7.15. The van der Waals surface area contributed by atoms with Crippen molar-refractivity contribution in [3.63, 3.8) is 0 Å². The number of hydrogen-bond acceptors (Lipinski definition) is 4. The van der Waals surface area contributed by atoms with Gasteiger partial charge in [0.15, 0.2) is 0 Å². The summed E-state index contributed by atoms with van der Waals surface area (Å²) in [5.41, 5.74) is 0.478. The van der Waals surface area contributed by atoms with Crippen molar-refractivity contribution in [2.24, 2.45) is 0 Å². The van der Waals surface area contributed by atoms with Crippen molar-refractivity contribution in [2.75, 3.05) is 7.05 Å². The Morgan fingerprint density at radius 3 is 3.15 bits per heavy atom. The van der Waals surface area contributed by atoms with Crippen LogP contribution in [0.25, 0.3) is 0 Å². The number of nitrogens with one attached hydrogen (secondary N) is 1. The summed E-state index contributed by atoms with van der Waals surface area (Å²) >= 11 is 0. The number of carbonyl (C=O) groups is 1. The van der Waals surface area contributed by atoms with E-state index in [1.165, 1.54) is 13.2 Å². The molecule has 0 atom stereocenters. The monoisotopic (exact) mass is 182 g/mol. The van der Waals surface area contributed by atoms with Gasteiger partial charge in [-0.3, -0.25) is 0 Å². The molecule has 0 bridgehead atoms. The lowest BCUT2D eigenvalue weighted by Gasteiger charge is -2.05. The predicted molar refractivity (Wildman–Crippen MR) is 45.2 cm³/mol. The van der Waals surface area contributed by atoms with Gasteiger partial charge in [0.05, 0.1) is 6.61 Å². The molecule has 0 spiro atoms. The van der Waals surface area contributed by atoms with E-state index in [0.29, 0.717) is 5.56 Å². The van der Waals surface area contributed by atoms with Gasteiger partial charge in [0.2, 0.25) is 5.88 Å². The summed E-state index contributed by atoms with van der Waals surface area (Å²) in [6, 6.07) is 3.29. The van der Waals surface area contributed by atoms with Gasteiger partial charge >= 0.3 is 6.09 Å². The average Bonchev–Trinajstić information content (AvgIpc) is 2.18. The molecule has 1 aromatic heterocycles. The Morgan fingerprint density at radius 2 is 2.54 bits per heavy atom. The number of aromatic nitrogens is 1. The third-order valence-electron chi connectivity index (χ3n) is 1.41. The molecule has 0 aromatic carbocycles. The minimum atomic E-state index is -0.603. The fourth-order valence-corrected chi connectivity index (χ4v) is 0.775. The Bertz CT molecular complexity index is 301. The van der Waals surface area contributed by atoms with Crippen LogP contribution in [0, 0.1) is 0 Å². The van der Waals surface area contributed by atoms with Crippen molar-refractivity contribution >= 4 is 6.09 Å². The molecular formula is C8H10N2O3. The number of hydrogen-bond donors (Lipinski definition) is 2. The van der Waals surface area contributed by atoms with Gasteiger partial charge in [0.25, 0.3) is 0 Å². The highest BCUT2D eigenvalue weighted by Crippen LogP contribution is 2.13. The quantitative estimate of drug-likeness (QED) is 0.689.